The minimum Gasteiger partial charge on any atom is -0.506 e. The van der Waals surface area contributed by atoms with Gasteiger partial charge in [-0.3, -0.25) is 4.55 Å². The fourth-order valence-electron chi connectivity index (χ4n) is 3.17. The van der Waals surface area contributed by atoms with Gasteiger partial charge in [0.05, 0.1) is 10.0 Å². The molecule has 0 fully saturated rings. The summed E-state index contributed by atoms with van der Waals surface area (Å²) in [5.41, 5.74) is -0.417. The summed E-state index contributed by atoms with van der Waals surface area (Å²) in [4.78, 5) is 0. The number of benzene rings is 3. The second kappa shape index (κ2) is 7.87. The third-order valence-corrected chi connectivity index (χ3v) is 6.94. The van der Waals surface area contributed by atoms with E-state index in [2.05, 4.69) is 0 Å². The van der Waals surface area contributed by atoms with E-state index in [9.17, 15) is 23.2 Å². The molecule has 3 aromatic carbocycles. The van der Waals surface area contributed by atoms with Crippen molar-refractivity contribution in [2.75, 3.05) is 0 Å². The van der Waals surface area contributed by atoms with Crippen LogP contribution in [0.15, 0.2) is 54.6 Å². The fourth-order valence-corrected chi connectivity index (χ4v) is 5.19. The smallest absolute Gasteiger partial charge is 0.283 e. The standard InChI is InChI=1S/C19H12Cl4O5S/c20-12-4-1-10(2-5-12)19(29(26,27)28,11-3-6-15(22)17(24)7-11)14-8-13(21)9-16(23)18(14)25/h1-9,24-25H,(H,26,27,28). The maximum atomic E-state index is 12.9. The van der Waals surface area contributed by atoms with Gasteiger partial charge in [0.25, 0.3) is 10.1 Å². The summed E-state index contributed by atoms with van der Waals surface area (Å²) in [6.45, 7) is 0. The molecule has 5 nitrogen and oxygen atoms in total. The summed E-state index contributed by atoms with van der Waals surface area (Å²) in [7, 11) is -5.06. The SMILES string of the molecule is O=S(=O)(O)C(c1ccc(Cl)cc1)(c1ccc(Cl)c(O)c1)c1cc(Cl)cc(Cl)c1O. The summed E-state index contributed by atoms with van der Waals surface area (Å²) in [6, 6.07) is 11.5. The molecule has 0 aliphatic rings. The van der Waals surface area contributed by atoms with Crippen LogP contribution in [0.2, 0.25) is 20.1 Å². The van der Waals surface area contributed by atoms with Crippen LogP contribution in [0.5, 0.6) is 11.5 Å². The number of hydrogen-bond acceptors (Lipinski definition) is 4. The van der Waals surface area contributed by atoms with Gasteiger partial charge in [0.15, 0.2) is 4.75 Å². The first-order chi connectivity index (χ1) is 13.5. The first-order valence-electron chi connectivity index (χ1n) is 7.89. The van der Waals surface area contributed by atoms with Gasteiger partial charge < -0.3 is 10.2 Å². The number of rotatable bonds is 4. The first kappa shape index (κ1) is 22.0. The van der Waals surface area contributed by atoms with Crippen molar-refractivity contribution in [2.45, 2.75) is 4.75 Å². The van der Waals surface area contributed by atoms with E-state index in [1.54, 1.807) is 0 Å². The summed E-state index contributed by atoms with van der Waals surface area (Å²) < 4.78 is 33.9. The van der Waals surface area contributed by atoms with Crippen molar-refractivity contribution in [1.29, 1.82) is 0 Å². The average molecular weight is 494 g/mol. The normalized spacial score (nSPS) is 13.8. The number of aromatic hydroxyl groups is 2. The number of phenols is 2. The third-order valence-electron chi connectivity index (χ3n) is 4.40. The molecule has 3 rings (SSSR count). The topological polar surface area (TPSA) is 94.8 Å². The number of phenolic OH excluding ortho intramolecular Hbond substituents is 2. The zero-order valence-corrected chi connectivity index (χ0v) is 18.1. The van der Waals surface area contributed by atoms with E-state index in [4.69, 9.17) is 46.4 Å². The van der Waals surface area contributed by atoms with Crippen molar-refractivity contribution < 1.29 is 23.2 Å². The van der Waals surface area contributed by atoms with Crippen molar-refractivity contribution in [2.24, 2.45) is 0 Å². The van der Waals surface area contributed by atoms with Crippen molar-refractivity contribution in [3.63, 3.8) is 0 Å². The molecule has 0 aliphatic heterocycles. The van der Waals surface area contributed by atoms with Gasteiger partial charge in [0.2, 0.25) is 0 Å². The van der Waals surface area contributed by atoms with E-state index in [0.29, 0.717) is 5.02 Å². The van der Waals surface area contributed by atoms with Crippen LogP contribution < -0.4 is 0 Å². The molecule has 0 saturated carbocycles. The molecule has 29 heavy (non-hydrogen) atoms. The molecule has 1 atom stereocenters. The second-order valence-electron chi connectivity index (χ2n) is 6.11. The van der Waals surface area contributed by atoms with Crippen molar-refractivity contribution in [3.05, 3.63) is 91.4 Å². The highest BCUT2D eigenvalue weighted by atomic mass is 35.5. The summed E-state index contributed by atoms with van der Waals surface area (Å²) in [5, 5.41) is 20.8. The van der Waals surface area contributed by atoms with E-state index in [0.717, 1.165) is 12.1 Å². The Morgan fingerprint density at radius 2 is 1.31 bits per heavy atom. The first-order valence-corrected chi connectivity index (χ1v) is 10.8. The Balaban J connectivity index is 2.58. The number of halogens is 4. The summed E-state index contributed by atoms with van der Waals surface area (Å²) in [6.07, 6.45) is 0. The van der Waals surface area contributed by atoms with Crippen LogP contribution in [-0.2, 0) is 14.9 Å². The van der Waals surface area contributed by atoms with Gasteiger partial charge in [-0.1, -0.05) is 64.6 Å². The Hall–Kier alpha value is -1.67. The Morgan fingerprint density at radius 3 is 1.86 bits per heavy atom. The Bertz CT molecular complexity index is 1200. The molecule has 1 unspecified atom stereocenters. The summed E-state index contributed by atoms with van der Waals surface area (Å²) in [5.74, 6) is -1.04. The maximum absolute atomic E-state index is 12.9. The molecule has 0 heterocycles. The molecule has 0 bridgehead atoms. The van der Waals surface area contributed by atoms with E-state index < -0.39 is 26.4 Å². The zero-order valence-electron chi connectivity index (χ0n) is 14.3. The van der Waals surface area contributed by atoms with Crippen molar-refractivity contribution in [3.8, 4) is 11.5 Å². The van der Waals surface area contributed by atoms with Gasteiger partial charge in [-0.05, 0) is 47.5 Å². The highest BCUT2D eigenvalue weighted by Crippen LogP contribution is 2.50. The Kier molecular flexibility index (Phi) is 5.98. The van der Waals surface area contributed by atoms with Crippen molar-refractivity contribution >= 4 is 56.5 Å². The highest BCUT2D eigenvalue weighted by molar-refractivity contribution is 7.87. The van der Waals surface area contributed by atoms with Crippen LogP contribution in [0, 0.1) is 0 Å². The van der Waals surface area contributed by atoms with Gasteiger partial charge in [0, 0.05) is 15.6 Å². The van der Waals surface area contributed by atoms with E-state index in [1.165, 1.54) is 42.5 Å². The monoisotopic (exact) mass is 492 g/mol. The molecule has 0 aliphatic carbocycles. The van der Waals surface area contributed by atoms with Gasteiger partial charge in [-0.25, -0.2) is 0 Å². The van der Waals surface area contributed by atoms with Crippen LogP contribution in [0.1, 0.15) is 16.7 Å². The van der Waals surface area contributed by atoms with Gasteiger partial charge in [-0.15, -0.1) is 0 Å². The Morgan fingerprint density at radius 1 is 0.724 bits per heavy atom. The zero-order chi connectivity index (χ0) is 21.6. The molecular formula is C19H12Cl4O5S. The van der Waals surface area contributed by atoms with E-state index >= 15 is 0 Å². The van der Waals surface area contributed by atoms with Crippen LogP contribution in [-0.4, -0.2) is 23.2 Å². The molecule has 3 aromatic rings. The average Bonchev–Trinajstić information content (AvgIpc) is 2.62. The minimum atomic E-state index is -5.06. The molecule has 10 heteroatoms. The molecule has 0 amide bonds. The highest BCUT2D eigenvalue weighted by Gasteiger charge is 2.50. The molecule has 3 N–H and O–H groups in total. The van der Waals surface area contributed by atoms with Crippen LogP contribution in [0.25, 0.3) is 0 Å². The number of hydrogen-bond donors (Lipinski definition) is 3. The predicted molar refractivity (Wildman–Crippen MR) is 114 cm³/mol. The molecule has 0 radical (unpaired) electrons. The quantitative estimate of drug-likeness (QED) is 0.311. The van der Waals surface area contributed by atoms with Crippen molar-refractivity contribution in [1.82, 2.24) is 0 Å². The van der Waals surface area contributed by atoms with Gasteiger partial charge >= 0.3 is 0 Å². The van der Waals surface area contributed by atoms with Gasteiger partial charge in [-0.2, -0.15) is 8.42 Å². The maximum Gasteiger partial charge on any atom is 0.283 e. The molecule has 152 valence electrons. The third kappa shape index (κ3) is 3.77. The molecule has 0 spiro atoms. The predicted octanol–water partition coefficient (Wildman–Crippen LogP) is 5.89. The second-order valence-corrected chi connectivity index (χ2v) is 9.36. The Labute approximate surface area is 186 Å². The fraction of sp³-hybridized carbons (Fsp3) is 0.0526. The van der Waals surface area contributed by atoms with E-state index in [1.807, 2.05) is 0 Å². The van der Waals surface area contributed by atoms with Crippen LogP contribution in [0.4, 0.5) is 0 Å². The lowest BCUT2D eigenvalue weighted by atomic mass is 9.83. The minimum absolute atomic E-state index is 0.0137. The molecule has 0 aromatic heterocycles. The molecule has 0 saturated heterocycles. The van der Waals surface area contributed by atoms with Gasteiger partial charge in [0.1, 0.15) is 11.5 Å². The lowest BCUT2D eigenvalue weighted by Gasteiger charge is -2.33. The van der Waals surface area contributed by atoms with Crippen LogP contribution >= 0.6 is 46.4 Å². The largest absolute Gasteiger partial charge is 0.506 e. The van der Waals surface area contributed by atoms with Crippen LogP contribution in [0.3, 0.4) is 0 Å². The van der Waals surface area contributed by atoms with E-state index in [-0.39, 0.29) is 31.8 Å². The molecular weight excluding hydrogens is 482 g/mol. The lowest BCUT2D eigenvalue weighted by molar-refractivity contribution is 0.439. The summed E-state index contributed by atoms with van der Waals surface area (Å²) >= 11 is 23.9. The lowest BCUT2D eigenvalue weighted by Crippen LogP contribution is -2.38.